The summed E-state index contributed by atoms with van der Waals surface area (Å²) >= 11 is 0. The minimum atomic E-state index is -5.68. The minimum absolute atomic E-state index is 0.0274. The van der Waals surface area contributed by atoms with Gasteiger partial charge in [-0.1, -0.05) is 222 Å². The van der Waals surface area contributed by atoms with Crippen molar-refractivity contribution in [2.45, 2.75) is 310 Å². The predicted molar refractivity (Wildman–Crippen MR) is 353 cm³/mol. The molecule has 1 atom stereocenters. The van der Waals surface area contributed by atoms with E-state index in [-0.39, 0.29) is 5.41 Å². The van der Waals surface area contributed by atoms with Gasteiger partial charge in [0.25, 0.3) is 7.82 Å². The molecule has 1 unspecified atom stereocenters. The first kappa shape index (κ1) is 86.5. The molecule has 0 rings (SSSR count). The Morgan fingerprint density at radius 3 is 0.914 bits per heavy atom. The Labute approximate surface area is 507 Å². The second-order valence-corrected chi connectivity index (χ2v) is 28.2. The van der Waals surface area contributed by atoms with E-state index in [9.17, 15) is 23.8 Å². The summed E-state index contributed by atoms with van der Waals surface area (Å²) < 4.78 is 34.1. The predicted octanol–water partition coefficient (Wildman–Crippen LogP) is 19.7. The fraction of sp³-hybridized carbons (Fsp3) is 0.884. The molecule has 0 bridgehead atoms. The van der Waals surface area contributed by atoms with E-state index in [0.717, 1.165) is 31.3 Å². The molecule has 0 aromatic rings. The van der Waals surface area contributed by atoms with Crippen LogP contribution in [0.3, 0.4) is 0 Å². The minimum Gasteiger partial charge on any atom is -0.790 e. The number of allylic oxidation sites excluding steroid dienone is 6. The number of hydrogen-bond acceptors (Lipinski definition) is 7. The van der Waals surface area contributed by atoms with Crippen molar-refractivity contribution in [1.82, 2.24) is 0 Å². The normalized spacial score (nSPS) is 13.3. The van der Waals surface area contributed by atoms with Crippen molar-refractivity contribution in [3.63, 3.8) is 0 Å². The molecule has 0 aliphatic heterocycles. The average Bonchev–Trinajstić information content (AvgIpc) is 3.41. The van der Waals surface area contributed by atoms with Crippen molar-refractivity contribution in [3.8, 4) is 0 Å². The molecule has 0 radical (unpaired) electrons. The van der Waals surface area contributed by atoms with Gasteiger partial charge in [0.1, 0.15) is 0 Å². The molecule has 0 N–H and O–H groups in total. The molecule has 0 aromatic carbocycles. The van der Waals surface area contributed by atoms with E-state index >= 15 is 0 Å². The van der Waals surface area contributed by atoms with Crippen LogP contribution in [-0.4, -0.2) is 98.6 Å². The van der Waals surface area contributed by atoms with Gasteiger partial charge in [-0.3, -0.25) is 8.88 Å². The van der Waals surface area contributed by atoms with Crippen LogP contribution in [0.4, 0.5) is 0 Å². The lowest BCUT2D eigenvalue weighted by Crippen LogP contribution is -2.50. The van der Waals surface area contributed by atoms with Gasteiger partial charge in [0, 0.05) is 0 Å². The van der Waals surface area contributed by atoms with Gasteiger partial charge in [-0.05, 0) is 135 Å². The van der Waals surface area contributed by atoms with Crippen molar-refractivity contribution >= 4 is 15.6 Å². The smallest absolute Gasteiger partial charge is 0.272 e. The van der Waals surface area contributed by atoms with Gasteiger partial charge in [-0.2, -0.15) is 0 Å². The highest BCUT2D eigenvalue weighted by molar-refractivity contribution is 7.58. The first-order chi connectivity index (χ1) is 38.4. The van der Waals surface area contributed by atoms with Crippen molar-refractivity contribution in [2.24, 2.45) is 5.41 Å². The maximum absolute atomic E-state index is 11.4. The fourth-order valence-corrected chi connectivity index (χ4v) is 12.2. The van der Waals surface area contributed by atoms with Crippen molar-refractivity contribution in [1.29, 1.82) is 0 Å². The molecule has 0 aliphatic rings. The lowest BCUT2D eigenvalue weighted by atomic mass is 9.86. The zero-order chi connectivity index (χ0) is 62.4. The van der Waals surface area contributed by atoms with E-state index in [4.69, 9.17) is 0 Å². The van der Waals surface area contributed by atoms with E-state index in [0.29, 0.717) is 12.8 Å². The van der Waals surface area contributed by atoms with E-state index in [1.54, 1.807) is 6.08 Å². The van der Waals surface area contributed by atoms with Gasteiger partial charge >= 0.3 is 0 Å². The standard InChI is InChI=1S/C21H38O7P2.3C16H36N/c1-7-10-19(12-8-11-18(2)3)13-9-14-20(17-21(4,5)6)15-16-27-30(25,26)28-29(22,23)24;3*1-5-9-13-17(14-10-6-2,15-11-7-3)16-12-8-4/h7,11,13,15H,1,8-10,12,14,16-17H2,2-6H3,(H,25,26)(H2,22,23,24);3*5-16H2,1-4H3/q;3*+1/p-3/b19-13+,20-15-;;;. The lowest BCUT2D eigenvalue weighted by Gasteiger charge is -2.39. The van der Waals surface area contributed by atoms with Gasteiger partial charge in [0.15, 0.2) is 0 Å². The fourth-order valence-electron chi connectivity index (χ4n) is 10.8. The summed E-state index contributed by atoms with van der Waals surface area (Å²) in [5, 5.41) is 0. The molecule has 0 saturated carbocycles. The topological polar surface area (TPSA) is 122 Å². The highest BCUT2D eigenvalue weighted by Crippen LogP contribution is 2.50. The van der Waals surface area contributed by atoms with Crippen LogP contribution < -0.4 is 14.7 Å². The van der Waals surface area contributed by atoms with Crippen LogP contribution in [0, 0.1) is 5.41 Å². The number of unbranched alkanes of at least 4 members (excludes halogenated alkanes) is 12. The summed E-state index contributed by atoms with van der Waals surface area (Å²) in [5.41, 5.74) is 3.54. The second-order valence-electron chi connectivity index (χ2n) is 25.5. The zero-order valence-electron chi connectivity index (χ0n) is 57.5. The summed E-state index contributed by atoms with van der Waals surface area (Å²) in [6.45, 7) is 58.8. The molecule has 0 aliphatic carbocycles. The summed E-state index contributed by atoms with van der Waals surface area (Å²) in [7, 11) is -10.9. The second kappa shape index (κ2) is 55.7. The Morgan fingerprint density at radius 1 is 0.432 bits per heavy atom. The molecule has 12 heteroatoms. The van der Waals surface area contributed by atoms with E-state index in [1.807, 2.05) is 6.08 Å². The number of phosphoric acid groups is 2. The number of rotatable bonds is 50. The maximum atomic E-state index is 11.4. The van der Waals surface area contributed by atoms with Crippen LogP contribution in [0.1, 0.15) is 310 Å². The van der Waals surface area contributed by atoms with Gasteiger partial charge < -0.3 is 37.2 Å². The van der Waals surface area contributed by atoms with Crippen LogP contribution in [0.15, 0.2) is 47.6 Å². The summed E-state index contributed by atoms with van der Waals surface area (Å²) in [4.78, 5) is 32.3. The number of phosphoric ester groups is 1. The van der Waals surface area contributed by atoms with Crippen LogP contribution in [0.25, 0.3) is 0 Å². The monoisotopic (exact) mass is 1190 g/mol. The third kappa shape index (κ3) is 55.4. The van der Waals surface area contributed by atoms with Gasteiger partial charge in [0.05, 0.1) is 93.0 Å². The molecule has 81 heavy (non-hydrogen) atoms. The summed E-state index contributed by atoms with van der Waals surface area (Å²) in [6.07, 6.45) is 46.0. The molecule has 0 fully saturated rings. The molecular formula is C69H143N3O7P2. The quantitative estimate of drug-likeness (QED) is 0.0338. The molecule has 0 heterocycles. The Hall–Kier alpha value is -0.900. The van der Waals surface area contributed by atoms with Crippen molar-refractivity contribution in [2.75, 3.05) is 85.1 Å². The maximum Gasteiger partial charge on any atom is 0.272 e. The highest BCUT2D eigenvalue weighted by Gasteiger charge is 2.27. The third-order valence-corrected chi connectivity index (χ3v) is 17.8. The molecule has 0 saturated heterocycles. The Balaban J connectivity index is -0.000000508. The van der Waals surface area contributed by atoms with Crippen molar-refractivity contribution < 1.29 is 46.1 Å². The van der Waals surface area contributed by atoms with E-state index in [2.05, 4.69) is 145 Å². The molecule has 0 amide bonds. The Bertz CT molecular complexity index is 1400. The molecule has 10 nitrogen and oxygen atoms in total. The zero-order valence-corrected chi connectivity index (χ0v) is 59.3. The lowest BCUT2D eigenvalue weighted by molar-refractivity contribution is -0.929. The largest absolute Gasteiger partial charge is 0.790 e. The van der Waals surface area contributed by atoms with E-state index in [1.165, 1.54) is 257 Å². The number of hydrogen-bond donors (Lipinski definition) is 0. The van der Waals surface area contributed by atoms with Gasteiger partial charge in [0.2, 0.25) is 0 Å². The number of nitrogens with zero attached hydrogens (tertiary/aromatic N) is 3. The SMILES string of the molecule is C=CC/C(=C\CC/C(=C/COP(=O)([O-])OP(=O)([O-])[O-])CC(C)(C)C)CCC=C(C)C.CCCC[N+](CCCC)(CCCC)CCCC.CCCC[N+](CCCC)(CCCC)CCCC.CCCC[N+](CCCC)(CCCC)CCCC. The Morgan fingerprint density at radius 2 is 0.691 bits per heavy atom. The third-order valence-electron chi connectivity index (χ3n) is 15.7. The van der Waals surface area contributed by atoms with Crippen LogP contribution >= 0.6 is 15.6 Å². The summed E-state index contributed by atoms with van der Waals surface area (Å²) in [5.74, 6) is 0. The summed E-state index contributed by atoms with van der Waals surface area (Å²) in [6, 6.07) is 0. The average molecular weight is 1190 g/mol. The number of quaternary nitrogens is 3. The van der Waals surface area contributed by atoms with Crippen molar-refractivity contribution in [3.05, 3.63) is 47.6 Å². The molecular weight excluding hydrogens is 1040 g/mol. The highest BCUT2D eigenvalue weighted by atomic mass is 31.3. The van der Waals surface area contributed by atoms with Crippen LogP contribution in [0.5, 0.6) is 0 Å². The molecule has 0 aromatic heterocycles. The van der Waals surface area contributed by atoms with Crippen LogP contribution in [0.2, 0.25) is 0 Å². The Kier molecular flexibility index (Phi) is 59.5. The first-order valence-corrected chi connectivity index (χ1v) is 37.1. The molecule has 0 spiro atoms. The van der Waals surface area contributed by atoms with E-state index < -0.39 is 22.3 Å². The first-order valence-electron chi connectivity index (χ1n) is 34.2. The molecule has 486 valence electrons. The van der Waals surface area contributed by atoms with Gasteiger partial charge in [-0.25, -0.2) is 0 Å². The van der Waals surface area contributed by atoms with Crippen LogP contribution in [-0.2, 0) is 18.0 Å². The van der Waals surface area contributed by atoms with Gasteiger partial charge in [-0.15, -0.1) is 6.58 Å².